The monoisotopic (exact) mass is 404 g/mol. The molecule has 2 aromatic rings. The highest BCUT2D eigenvalue weighted by Gasteiger charge is 2.49. The summed E-state index contributed by atoms with van der Waals surface area (Å²) in [5.74, 6) is -3.77. The van der Waals surface area contributed by atoms with Crippen LogP contribution in [0, 0.1) is 17.1 Å². The molecule has 2 N–H and O–H groups in total. The van der Waals surface area contributed by atoms with Crippen molar-refractivity contribution in [2.75, 3.05) is 11.4 Å². The minimum absolute atomic E-state index is 0.0681. The summed E-state index contributed by atoms with van der Waals surface area (Å²) in [5, 5.41) is 21.9. The SMILES string of the molecule is N#Cc1cncc(N2CC[C@@](O)(OC(=O)NCc3cc(F)cc(Cl)c3)C2=O)c1. The number of ether oxygens (including phenoxy) is 1. The normalized spacial score (nSPS) is 18.6. The van der Waals surface area contributed by atoms with E-state index in [1.165, 1.54) is 35.5 Å². The lowest BCUT2D eigenvalue weighted by atomic mass is 10.2. The summed E-state index contributed by atoms with van der Waals surface area (Å²) in [6.45, 7) is -0.0445. The molecule has 0 unspecified atom stereocenters. The number of hydrogen-bond acceptors (Lipinski definition) is 6. The average molecular weight is 405 g/mol. The Labute approximate surface area is 164 Å². The van der Waals surface area contributed by atoms with E-state index in [1.54, 1.807) is 0 Å². The van der Waals surface area contributed by atoms with Gasteiger partial charge in [-0.2, -0.15) is 5.26 Å². The molecule has 1 aliphatic heterocycles. The Morgan fingerprint density at radius 1 is 1.43 bits per heavy atom. The molecule has 1 atom stereocenters. The first kappa shape index (κ1) is 19.5. The van der Waals surface area contributed by atoms with Crippen LogP contribution < -0.4 is 10.2 Å². The number of hydrogen-bond donors (Lipinski definition) is 2. The molecule has 0 spiro atoms. The van der Waals surface area contributed by atoms with Crippen LogP contribution in [0.25, 0.3) is 0 Å². The quantitative estimate of drug-likeness (QED) is 0.754. The standard InChI is InChI=1S/C18H14ClFN4O4/c19-13-3-11(4-14(20)6-13)9-23-17(26)28-18(27)1-2-24(16(18)25)15-5-12(7-21)8-22-10-15/h3-6,8,10,27H,1-2,9H2,(H,23,26)/t18-/m1/s1. The van der Waals surface area contributed by atoms with Crippen molar-refractivity contribution in [2.24, 2.45) is 0 Å². The number of aliphatic hydroxyl groups is 1. The van der Waals surface area contributed by atoms with Crippen LogP contribution in [0.2, 0.25) is 5.02 Å². The van der Waals surface area contributed by atoms with Gasteiger partial charge < -0.3 is 20.1 Å². The van der Waals surface area contributed by atoms with Gasteiger partial charge in [0.2, 0.25) is 0 Å². The van der Waals surface area contributed by atoms with Gasteiger partial charge in [0, 0.05) is 30.7 Å². The van der Waals surface area contributed by atoms with Gasteiger partial charge in [-0.15, -0.1) is 0 Å². The van der Waals surface area contributed by atoms with E-state index < -0.39 is 23.6 Å². The van der Waals surface area contributed by atoms with Gasteiger partial charge in [0.1, 0.15) is 11.9 Å². The van der Waals surface area contributed by atoms with Gasteiger partial charge in [-0.3, -0.25) is 9.78 Å². The van der Waals surface area contributed by atoms with E-state index in [0.717, 1.165) is 6.07 Å². The van der Waals surface area contributed by atoms with E-state index in [2.05, 4.69) is 10.3 Å². The zero-order valence-electron chi connectivity index (χ0n) is 14.4. The van der Waals surface area contributed by atoms with E-state index in [9.17, 15) is 19.1 Å². The van der Waals surface area contributed by atoms with Gasteiger partial charge in [-0.05, 0) is 29.8 Å². The fourth-order valence-corrected chi connectivity index (χ4v) is 2.98. The Hall–Kier alpha value is -3.22. The van der Waals surface area contributed by atoms with Crippen LogP contribution in [0.3, 0.4) is 0 Å². The van der Waals surface area contributed by atoms with Crippen molar-refractivity contribution in [3.05, 3.63) is 58.6 Å². The summed E-state index contributed by atoms with van der Waals surface area (Å²) in [5.41, 5.74) is 0.930. The molecule has 1 fully saturated rings. The van der Waals surface area contributed by atoms with Crippen LogP contribution in [0.1, 0.15) is 17.5 Å². The number of alkyl carbamates (subject to hydrolysis) is 1. The highest BCUT2D eigenvalue weighted by atomic mass is 35.5. The number of nitrogens with one attached hydrogen (secondary N) is 1. The third-order valence-corrected chi connectivity index (χ3v) is 4.26. The number of rotatable bonds is 4. The molecule has 1 aromatic carbocycles. The van der Waals surface area contributed by atoms with E-state index in [1.807, 2.05) is 6.07 Å². The largest absolute Gasteiger partial charge is 0.410 e. The van der Waals surface area contributed by atoms with Crippen molar-refractivity contribution < 1.29 is 23.8 Å². The van der Waals surface area contributed by atoms with E-state index >= 15 is 0 Å². The van der Waals surface area contributed by atoms with Crippen molar-refractivity contribution in [3.63, 3.8) is 0 Å². The lowest BCUT2D eigenvalue weighted by Crippen LogP contribution is -2.46. The molecule has 8 nitrogen and oxygen atoms in total. The molecule has 28 heavy (non-hydrogen) atoms. The fourth-order valence-electron chi connectivity index (χ4n) is 2.74. The molecule has 1 saturated heterocycles. The second-order valence-electron chi connectivity index (χ2n) is 6.06. The Balaban J connectivity index is 1.64. The number of nitriles is 1. The second kappa shape index (κ2) is 7.80. The Kier molecular flexibility index (Phi) is 5.44. The number of aromatic nitrogens is 1. The third-order valence-electron chi connectivity index (χ3n) is 4.04. The van der Waals surface area contributed by atoms with E-state index in [0.29, 0.717) is 11.3 Å². The molecule has 0 bridgehead atoms. The number of pyridine rings is 1. The topological polar surface area (TPSA) is 116 Å². The summed E-state index contributed by atoms with van der Waals surface area (Å²) in [6.07, 6.45) is 1.47. The van der Waals surface area contributed by atoms with Gasteiger partial charge >= 0.3 is 6.09 Å². The van der Waals surface area contributed by atoms with Gasteiger partial charge in [0.25, 0.3) is 11.7 Å². The Morgan fingerprint density at radius 2 is 2.21 bits per heavy atom. The maximum atomic E-state index is 13.3. The summed E-state index contributed by atoms with van der Waals surface area (Å²) >= 11 is 5.74. The number of anilines is 1. The highest BCUT2D eigenvalue weighted by Crippen LogP contribution is 2.29. The van der Waals surface area contributed by atoms with Crippen LogP contribution >= 0.6 is 11.6 Å². The van der Waals surface area contributed by atoms with Crippen LogP contribution in [0.15, 0.2) is 36.7 Å². The number of halogens is 2. The van der Waals surface area contributed by atoms with Gasteiger partial charge in [-0.1, -0.05) is 11.6 Å². The molecule has 0 saturated carbocycles. The van der Waals surface area contributed by atoms with Crippen LogP contribution in [-0.4, -0.2) is 34.4 Å². The minimum atomic E-state index is -2.35. The Morgan fingerprint density at radius 3 is 2.93 bits per heavy atom. The maximum Gasteiger partial charge on any atom is 0.410 e. The number of amides is 2. The second-order valence-corrected chi connectivity index (χ2v) is 6.49. The predicted molar refractivity (Wildman–Crippen MR) is 95.6 cm³/mol. The van der Waals surface area contributed by atoms with Gasteiger partial charge in [-0.25, -0.2) is 9.18 Å². The molecular weight excluding hydrogens is 391 g/mol. The minimum Gasteiger partial charge on any atom is -0.407 e. The zero-order chi connectivity index (χ0) is 20.3. The number of carbonyl (C=O) groups excluding carboxylic acids is 2. The third kappa shape index (κ3) is 4.19. The van der Waals surface area contributed by atoms with Crippen molar-refractivity contribution in [3.8, 4) is 6.07 Å². The van der Waals surface area contributed by atoms with Crippen molar-refractivity contribution >= 4 is 29.3 Å². The first-order valence-corrected chi connectivity index (χ1v) is 8.50. The molecule has 144 valence electrons. The highest BCUT2D eigenvalue weighted by molar-refractivity contribution is 6.30. The molecule has 2 heterocycles. The first-order chi connectivity index (χ1) is 13.3. The molecule has 10 heteroatoms. The first-order valence-electron chi connectivity index (χ1n) is 8.12. The molecular formula is C18H14ClFN4O4. The smallest absolute Gasteiger partial charge is 0.407 e. The zero-order valence-corrected chi connectivity index (χ0v) is 15.1. The van der Waals surface area contributed by atoms with Gasteiger partial charge in [0.05, 0.1) is 17.4 Å². The van der Waals surface area contributed by atoms with Crippen LogP contribution in [0.4, 0.5) is 14.9 Å². The molecule has 1 aromatic heterocycles. The predicted octanol–water partition coefficient (Wildman–Crippen LogP) is 2.10. The lowest BCUT2D eigenvalue weighted by Gasteiger charge is -2.22. The van der Waals surface area contributed by atoms with Gasteiger partial charge in [0.15, 0.2) is 0 Å². The summed E-state index contributed by atoms with van der Waals surface area (Å²) in [7, 11) is 0. The number of nitrogens with zero attached hydrogens (tertiary/aromatic N) is 3. The lowest BCUT2D eigenvalue weighted by molar-refractivity contribution is -0.175. The summed E-state index contributed by atoms with van der Waals surface area (Å²) < 4.78 is 18.2. The Bertz CT molecular complexity index is 960. The molecule has 3 rings (SSSR count). The number of carbonyl (C=O) groups is 2. The van der Waals surface area contributed by atoms with E-state index in [4.69, 9.17) is 21.6 Å². The summed E-state index contributed by atoms with van der Waals surface area (Å²) in [4.78, 5) is 29.5. The van der Waals surface area contributed by atoms with Crippen LogP contribution in [0.5, 0.6) is 0 Å². The fraction of sp³-hybridized carbons (Fsp3) is 0.222. The molecule has 1 aliphatic rings. The van der Waals surface area contributed by atoms with Crippen LogP contribution in [-0.2, 0) is 16.1 Å². The maximum absolute atomic E-state index is 13.3. The molecule has 2 amide bonds. The average Bonchev–Trinajstić information content (AvgIpc) is 2.94. The number of benzene rings is 1. The molecule has 0 radical (unpaired) electrons. The van der Waals surface area contributed by atoms with Crippen molar-refractivity contribution in [1.82, 2.24) is 10.3 Å². The van der Waals surface area contributed by atoms with Crippen molar-refractivity contribution in [2.45, 2.75) is 18.8 Å². The molecule has 0 aliphatic carbocycles. The van der Waals surface area contributed by atoms with Crippen molar-refractivity contribution in [1.29, 1.82) is 5.26 Å². The summed E-state index contributed by atoms with van der Waals surface area (Å²) in [6, 6.07) is 7.09. The van der Waals surface area contributed by atoms with E-state index in [-0.39, 0.29) is 30.1 Å².